The largest absolute Gasteiger partial charge is 0.492 e. The van der Waals surface area contributed by atoms with E-state index < -0.39 is 17.0 Å². The van der Waals surface area contributed by atoms with Gasteiger partial charge in [-0.25, -0.2) is 9.67 Å². The number of esters is 1. The van der Waals surface area contributed by atoms with Gasteiger partial charge in [0.1, 0.15) is 34.2 Å². The lowest BCUT2D eigenvalue weighted by atomic mass is 10.1. The van der Waals surface area contributed by atoms with Gasteiger partial charge in [0.2, 0.25) is 0 Å². The quantitative estimate of drug-likeness (QED) is 0.117. The molecule has 0 aliphatic heterocycles. The first-order chi connectivity index (χ1) is 19.3. The Hall–Kier alpha value is -3.73. The second kappa shape index (κ2) is 13.8. The number of pyridine rings is 1. The number of unbranched alkanes of at least 4 members (excludes halogenated alkanes) is 1. The molecule has 0 saturated heterocycles. The van der Waals surface area contributed by atoms with E-state index in [1.54, 1.807) is 35.0 Å². The van der Waals surface area contributed by atoms with Crippen molar-refractivity contribution in [2.24, 2.45) is 5.73 Å². The van der Waals surface area contributed by atoms with Crippen LogP contribution in [0.2, 0.25) is 0 Å². The van der Waals surface area contributed by atoms with Crippen molar-refractivity contribution in [2.45, 2.75) is 78.9 Å². The minimum Gasteiger partial charge on any atom is -0.492 e. The van der Waals surface area contributed by atoms with E-state index in [0.29, 0.717) is 48.9 Å². The van der Waals surface area contributed by atoms with Crippen LogP contribution in [0.1, 0.15) is 78.1 Å². The monoisotopic (exact) mass is 582 g/mol. The van der Waals surface area contributed by atoms with Crippen LogP contribution >= 0.6 is 11.9 Å². The van der Waals surface area contributed by atoms with Gasteiger partial charge in [0, 0.05) is 23.4 Å². The topological polar surface area (TPSA) is 133 Å². The summed E-state index contributed by atoms with van der Waals surface area (Å²) >= 11 is 1.61. The zero-order valence-corrected chi connectivity index (χ0v) is 25.9. The highest BCUT2D eigenvalue weighted by Crippen LogP contribution is 2.35. The predicted molar refractivity (Wildman–Crippen MR) is 166 cm³/mol. The summed E-state index contributed by atoms with van der Waals surface area (Å²) in [5.41, 5.74) is 7.49. The summed E-state index contributed by atoms with van der Waals surface area (Å²) in [6.07, 6.45) is 3.35. The molecule has 0 unspecified atom stereocenters. The molecule has 0 spiro atoms. The van der Waals surface area contributed by atoms with Gasteiger partial charge >= 0.3 is 5.97 Å². The summed E-state index contributed by atoms with van der Waals surface area (Å²) in [6.45, 7) is 14.1. The fourth-order valence-electron chi connectivity index (χ4n) is 3.92. The van der Waals surface area contributed by atoms with Crippen molar-refractivity contribution >= 4 is 41.1 Å². The second-order valence-corrected chi connectivity index (χ2v) is 12.6. The lowest BCUT2D eigenvalue weighted by Crippen LogP contribution is -2.25. The number of benzene rings is 1. The normalized spacial score (nSPS) is 11.7. The molecule has 222 valence electrons. The van der Waals surface area contributed by atoms with Crippen LogP contribution in [-0.4, -0.2) is 44.6 Å². The molecule has 41 heavy (non-hydrogen) atoms. The number of primary amides is 1. The van der Waals surface area contributed by atoms with Crippen LogP contribution < -0.4 is 20.5 Å². The predicted octanol–water partition coefficient (Wildman–Crippen LogP) is 6.51. The van der Waals surface area contributed by atoms with Crippen molar-refractivity contribution in [1.29, 1.82) is 0 Å². The number of nitrogens with two attached hydrogens (primary N) is 1. The third kappa shape index (κ3) is 9.41. The second-order valence-electron chi connectivity index (χ2n) is 11.5. The Labute approximate surface area is 246 Å². The molecule has 2 heterocycles. The van der Waals surface area contributed by atoms with E-state index in [4.69, 9.17) is 20.3 Å². The molecular formula is C30H42N6O4S. The summed E-state index contributed by atoms with van der Waals surface area (Å²) < 4.78 is 16.1. The Morgan fingerprint density at radius 3 is 2.29 bits per heavy atom. The summed E-state index contributed by atoms with van der Waals surface area (Å²) in [4.78, 5) is 29.1. The van der Waals surface area contributed by atoms with Crippen molar-refractivity contribution in [1.82, 2.24) is 14.8 Å². The number of hydrogen-bond donors (Lipinski definition) is 3. The molecule has 1 amide bonds. The molecule has 0 atom stereocenters. The third-order valence-corrected chi connectivity index (χ3v) is 6.38. The molecule has 0 radical (unpaired) electrons. The lowest BCUT2D eigenvalue weighted by Gasteiger charge is -2.23. The number of nitrogens with zero attached hydrogens (tertiary/aromatic N) is 3. The number of carbonyl (C=O) groups is 2. The number of amides is 1. The summed E-state index contributed by atoms with van der Waals surface area (Å²) in [5.74, 6) is 1.72. The zero-order chi connectivity index (χ0) is 30.2. The van der Waals surface area contributed by atoms with Crippen LogP contribution in [-0.2, 0) is 15.1 Å². The number of hydrogen-bond acceptors (Lipinski definition) is 9. The molecule has 2 aromatic heterocycles. The summed E-state index contributed by atoms with van der Waals surface area (Å²) in [5, 5.41) is 8.07. The summed E-state index contributed by atoms with van der Waals surface area (Å²) in [7, 11) is 0. The maximum absolute atomic E-state index is 12.7. The molecule has 10 nitrogen and oxygen atoms in total. The molecule has 0 aliphatic carbocycles. The Bertz CT molecular complexity index is 1310. The highest BCUT2D eigenvalue weighted by Gasteiger charge is 2.29. The van der Waals surface area contributed by atoms with Gasteiger partial charge in [0.05, 0.1) is 18.3 Å². The van der Waals surface area contributed by atoms with Gasteiger partial charge < -0.3 is 25.2 Å². The molecule has 0 fully saturated rings. The van der Waals surface area contributed by atoms with Crippen LogP contribution in [0.4, 0.5) is 17.3 Å². The Morgan fingerprint density at radius 2 is 1.73 bits per heavy atom. The van der Waals surface area contributed by atoms with Gasteiger partial charge in [-0.3, -0.25) is 9.59 Å². The van der Waals surface area contributed by atoms with E-state index in [1.165, 1.54) is 0 Å². The molecule has 0 saturated carbocycles. The molecule has 3 aromatic rings. The standard InChI is InChI=1S/C30H42N6O4S/c1-8-41-35-21-14-12-20(13-15-21)26-25(27(31)38)28(36(34-26)29(2,3)4)33-23-17-16-22(19-32-23)39-18-10-9-11-24(37)40-30(5,6)7/h12-17,19,35H,8-11,18H2,1-7H3,(H2,31,38)(H,32,33). The number of carbonyl (C=O) groups excluding carboxylic acids is 2. The molecular weight excluding hydrogens is 540 g/mol. The van der Waals surface area contributed by atoms with Crippen molar-refractivity contribution in [2.75, 3.05) is 22.4 Å². The highest BCUT2D eigenvalue weighted by atomic mass is 32.2. The van der Waals surface area contributed by atoms with E-state index in [2.05, 4.69) is 21.9 Å². The maximum Gasteiger partial charge on any atom is 0.306 e. The number of nitrogens with one attached hydrogen (secondary N) is 2. The average molecular weight is 583 g/mol. The smallest absolute Gasteiger partial charge is 0.306 e. The Morgan fingerprint density at radius 1 is 1.02 bits per heavy atom. The van der Waals surface area contributed by atoms with E-state index >= 15 is 0 Å². The summed E-state index contributed by atoms with van der Waals surface area (Å²) in [6, 6.07) is 11.3. The number of anilines is 3. The van der Waals surface area contributed by atoms with Gasteiger partial charge in [-0.1, -0.05) is 31.0 Å². The van der Waals surface area contributed by atoms with Crippen LogP contribution in [0.3, 0.4) is 0 Å². The van der Waals surface area contributed by atoms with Gasteiger partial charge in [-0.2, -0.15) is 5.10 Å². The fourth-order valence-corrected chi connectivity index (χ4v) is 4.37. The van der Waals surface area contributed by atoms with Crippen LogP contribution in [0.5, 0.6) is 5.75 Å². The van der Waals surface area contributed by atoms with E-state index in [-0.39, 0.29) is 11.5 Å². The Kier molecular flexibility index (Phi) is 10.7. The first-order valence-electron chi connectivity index (χ1n) is 13.8. The molecule has 0 aliphatic rings. The van der Waals surface area contributed by atoms with Crippen molar-refractivity contribution in [3.63, 3.8) is 0 Å². The van der Waals surface area contributed by atoms with Gasteiger partial charge in [-0.15, -0.1) is 0 Å². The van der Waals surface area contributed by atoms with Crippen molar-refractivity contribution < 1.29 is 19.1 Å². The van der Waals surface area contributed by atoms with Gasteiger partial charge in [0.15, 0.2) is 0 Å². The van der Waals surface area contributed by atoms with Crippen LogP contribution in [0.15, 0.2) is 42.6 Å². The molecule has 4 N–H and O–H groups in total. The molecule has 1 aromatic carbocycles. The van der Waals surface area contributed by atoms with Crippen LogP contribution in [0.25, 0.3) is 11.3 Å². The van der Waals surface area contributed by atoms with Gasteiger partial charge in [0.25, 0.3) is 5.91 Å². The first-order valence-corrected chi connectivity index (χ1v) is 14.8. The van der Waals surface area contributed by atoms with Crippen molar-refractivity contribution in [3.05, 3.63) is 48.2 Å². The number of rotatable bonds is 13. The van der Waals surface area contributed by atoms with Crippen LogP contribution in [0, 0.1) is 0 Å². The molecule has 3 rings (SSSR count). The zero-order valence-electron chi connectivity index (χ0n) is 25.0. The minimum atomic E-state index is -0.590. The number of aromatic nitrogens is 3. The average Bonchev–Trinajstić information content (AvgIpc) is 3.27. The lowest BCUT2D eigenvalue weighted by molar-refractivity contribution is -0.154. The number of ether oxygens (including phenoxy) is 2. The first kappa shape index (κ1) is 31.8. The molecule has 0 bridgehead atoms. The SMILES string of the molecule is CCSNc1ccc(-c2nn(C(C)(C)C)c(Nc3ccc(OCCCCC(=O)OC(C)(C)C)cn3)c2C(N)=O)cc1. The minimum absolute atomic E-state index is 0.206. The van der Waals surface area contributed by atoms with E-state index in [1.807, 2.05) is 65.8 Å². The maximum atomic E-state index is 12.7. The Balaban J connectivity index is 1.73. The van der Waals surface area contributed by atoms with E-state index in [9.17, 15) is 9.59 Å². The van der Waals surface area contributed by atoms with E-state index in [0.717, 1.165) is 17.0 Å². The van der Waals surface area contributed by atoms with Gasteiger partial charge in [-0.05, 0) is 78.6 Å². The molecule has 11 heteroatoms. The third-order valence-electron chi connectivity index (χ3n) is 5.71. The highest BCUT2D eigenvalue weighted by molar-refractivity contribution is 8.00. The van der Waals surface area contributed by atoms with Crippen molar-refractivity contribution in [3.8, 4) is 17.0 Å². The fraction of sp³-hybridized carbons (Fsp3) is 0.467.